The Labute approximate surface area is 127 Å². The maximum Gasteiger partial charge on any atom is 0.335 e. The number of pyridine rings is 1. The molecule has 3 N–H and O–H groups in total. The average Bonchev–Trinajstić information content (AvgIpc) is 2.40. The van der Waals surface area contributed by atoms with E-state index in [9.17, 15) is 14.4 Å². The summed E-state index contributed by atoms with van der Waals surface area (Å²) in [4.78, 5) is 37.1. The molecular weight excluding hydrogens is 340 g/mol. The van der Waals surface area contributed by atoms with E-state index in [1.165, 1.54) is 24.3 Å². The summed E-state index contributed by atoms with van der Waals surface area (Å²) in [7, 11) is 0. The number of nitrogens with one attached hydrogen (secondary N) is 2. The molecular formula is C14H11BrN2O4. The number of H-pyrrole nitrogens is 1. The Hall–Kier alpha value is -2.41. The van der Waals surface area contributed by atoms with Crippen molar-refractivity contribution in [1.29, 1.82) is 0 Å². The molecule has 0 radical (unpaired) electrons. The number of hydrogen-bond acceptors (Lipinski definition) is 3. The Morgan fingerprint density at radius 3 is 2.52 bits per heavy atom. The number of aryl methyl sites for hydroxylation is 1. The lowest BCUT2D eigenvalue weighted by Gasteiger charge is -2.08. The Bertz CT molecular complexity index is 783. The molecule has 21 heavy (non-hydrogen) atoms. The lowest BCUT2D eigenvalue weighted by Crippen LogP contribution is -2.23. The highest BCUT2D eigenvalue weighted by atomic mass is 79.9. The van der Waals surface area contributed by atoms with Gasteiger partial charge in [-0.1, -0.05) is 0 Å². The number of benzene rings is 1. The molecule has 0 atom stereocenters. The van der Waals surface area contributed by atoms with Crippen molar-refractivity contribution in [2.75, 3.05) is 5.32 Å². The van der Waals surface area contributed by atoms with Crippen LogP contribution in [0.25, 0.3) is 0 Å². The minimum atomic E-state index is -1.07. The largest absolute Gasteiger partial charge is 0.478 e. The van der Waals surface area contributed by atoms with Gasteiger partial charge < -0.3 is 15.4 Å². The zero-order valence-electron chi connectivity index (χ0n) is 10.9. The number of carbonyl (C=O) groups is 2. The lowest BCUT2D eigenvalue weighted by atomic mass is 10.2. The van der Waals surface area contributed by atoms with Crippen LogP contribution < -0.4 is 10.9 Å². The van der Waals surface area contributed by atoms with E-state index in [4.69, 9.17) is 5.11 Å². The molecule has 0 bridgehead atoms. The van der Waals surface area contributed by atoms with Crippen LogP contribution >= 0.6 is 15.9 Å². The third-order valence-electron chi connectivity index (χ3n) is 2.76. The van der Waals surface area contributed by atoms with Crippen molar-refractivity contribution in [2.24, 2.45) is 0 Å². The molecule has 1 heterocycles. The summed E-state index contributed by atoms with van der Waals surface area (Å²) in [6.45, 7) is 1.71. The molecule has 0 aliphatic heterocycles. The molecule has 0 fully saturated rings. The standard InChI is InChI=1S/C14H11BrN2O4/c1-7-2-4-9(12(18)16-7)13(19)17-11-5-3-8(14(20)21)6-10(11)15/h2-6H,1H3,(H,16,18)(H,17,19)(H,20,21). The molecule has 7 heteroatoms. The molecule has 0 aliphatic rings. The number of aromatic amines is 1. The SMILES string of the molecule is Cc1ccc(C(=O)Nc2ccc(C(=O)O)cc2Br)c(=O)[nH]1. The summed E-state index contributed by atoms with van der Waals surface area (Å²) in [6, 6.07) is 7.25. The Kier molecular flexibility index (Phi) is 4.23. The van der Waals surface area contributed by atoms with Crippen LogP contribution in [0.4, 0.5) is 5.69 Å². The number of carboxylic acid groups (broad SMARTS) is 1. The van der Waals surface area contributed by atoms with Crippen molar-refractivity contribution in [1.82, 2.24) is 4.98 Å². The number of rotatable bonds is 3. The van der Waals surface area contributed by atoms with Crippen molar-refractivity contribution in [3.63, 3.8) is 0 Å². The van der Waals surface area contributed by atoms with Crippen molar-refractivity contribution < 1.29 is 14.7 Å². The smallest absolute Gasteiger partial charge is 0.335 e. The number of hydrogen-bond donors (Lipinski definition) is 3. The van der Waals surface area contributed by atoms with Gasteiger partial charge >= 0.3 is 5.97 Å². The van der Waals surface area contributed by atoms with Gasteiger partial charge in [0.25, 0.3) is 11.5 Å². The second-order valence-corrected chi connectivity index (χ2v) is 5.19. The van der Waals surface area contributed by atoms with Gasteiger partial charge in [-0.25, -0.2) is 4.79 Å². The molecule has 0 spiro atoms. The fourth-order valence-electron chi connectivity index (χ4n) is 1.69. The van der Waals surface area contributed by atoms with Crippen LogP contribution in [0.5, 0.6) is 0 Å². The Morgan fingerprint density at radius 2 is 1.95 bits per heavy atom. The number of aromatic nitrogens is 1. The van der Waals surface area contributed by atoms with Gasteiger partial charge in [-0.15, -0.1) is 0 Å². The van der Waals surface area contributed by atoms with E-state index in [0.29, 0.717) is 15.9 Å². The lowest BCUT2D eigenvalue weighted by molar-refractivity contribution is 0.0696. The Morgan fingerprint density at radius 1 is 1.24 bits per heavy atom. The first-order chi connectivity index (χ1) is 9.88. The molecule has 108 valence electrons. The molecule has 0 aliphatic carbocycles. The van der Waals surface area contributed by atoms with E-state index in [1.54, 1.807) is 13.0 Å². The van der Waals surface area contributed by atoms with Crippen LogP contribution in [-0.4, -0.2) is 22.0 Å². The highest BCUT2D eigenvalue weighted by Gasteiger charge is 2.13. The molecule has 0 saturated heterocycles. The third-order valence-corrected chi connectivity index (χ3v) is 3.42. The van der Waals surface area contributed by atoms with Crippen LogP contribution in [0, 0.1) is 6.92 Å². The van der Waals surface area contributed by atoms with Gasteiger partial charge in [-0.2, -0.15) is 0 Å². The minimum absolute atomic E-state index is 0.0187. The van der Waals surface area contributed by atoms with Gasteiger partial charge in [0.15, 0.2) is 0 Å². The topological polar surface area (TPSA) is 99.3 Å². The fourth-order valence-corrected chi connectivity index (χ4v) is 2.17. The third kappa shape index (κ3) is 3.38. The summed E-state index contributed by atoms with van der Waals surface area (Å²) in [6.07, 6.45) is 0. The predicted octanol–water partition coefficient (Wildman–Crippen LogP) is 2.40. The second kappa shape index (κ2) is 5.92. The second-order valence-electron chi connectivity index (χ2n) is 4.34. The molecule has 6 nitrogen and oxygen atoms in total. The van der Waals surface area contributed by atoms with E-state index in [1.807, 2.05) is 0 Å². The van der Waals surface area contributed by atoms with Crippen molar-refractivity contribution in [3.8, 4) is 0 Å². The molecule has 1 aromatic heterocycles. The molecule has 0 unspecified atom stereocenters. The van der Waals surface area contributed by atoms with Crippen molar-refractivity contribution in [3.05, 3.63) is 62.0 Å². The van der Waals surface area contributed by atoms with Crippen molar-refractivity contribution >= 4 is 33.5 Å². The highest BCUT2D eigenvalue weighted by molar-refractivity contribution is 9.10. The maximum absolute atomic E-state index is 12.0. The summed E-state index contributed by atoms with van der Waals surface area (Å²) in [5.74, 6) is -1.64. The Balaban J connectivity index is 2.27. The summed E-state index contributed by atoms with van der Waals surface area (Å²) < 4.78 is 0.416. The van der Waals surface area contributed by atoms with E-state index in [2.05, 4.69) is 26.2 Å². The van der Waals surface area contributed by atoms with E-state index < -0.39 is 17.4 Å². The zero-order valence-corrected chi connectivity index (χ0v) is 12.5. The summed E-state index contributed by atoms with van der Waals surface area (Å²) in [5.41, 5.74) is 0.627. The van der Waals surface area contributed by atoms with E-state index in [-0.39, 0.29) is 11.1 Å². The number of halogens is 1. The molecule has 2 aromatic rings. The number of carbonyl (C=O) groups excluding carboxylic acids is 1. The first kappa shape index (κ1) is 15.0. The van der Waals surface area contributed by atoms with Gasteiger partial charge in [-0.3, -0.25) is 9.59 Å². The first-order valence-electron chi connectivity index (χ1n) is 5.92. The molecule has 2 rings (SSSR count). The van der Waals surface area contributed by atoms with Gasteiger partial charge in [0.05, 0.1) is 11.3 Å². The summed E-state index contributed by atoms with van der Waals surface area (Å²) in [5, 5.41) is 11.4. The van der Waals surface area contributed by atoms with Gasteiger partial charge in [0.1, 0.15) is 5.56 Å². The van der Waals surface area contributed by atoms with Crippen LogP contribution in [0.1, 0.15) is 26.4 Å². The maximum atomic E-state index is 12.0. The predicted molar refractivity (Wildman–Crippen MR) is 80.9 cm³/mol. The summed E-state index contributed by atoms with van der Waals surface area (Å²) >= 11 is 3.18. The molecule has 1 aromatic carbocycles. The van der Waals surface area contributed by atoms with Crippen LogP contribution in [0.15, 0.2) is 39.6 Å². The fraction of sp³-hybridized carbons (Fsp3) is 0.0714. The van der Waals surface area contributed by atoms with E-state index >= 15 is 0 Å². The number of amides is 1. The van der Waals surface area contributed by atoms with Crippen LogP contribution in [-0.2, 0) is 0 Å². The average molecular weight is 351 g/mol. The number of aromatic carboxylic acids is 1. The zero-order chi connectivity index (χ0) is 15.6. The minimum Gasteiger partial charge on any atom is -0.478 e. The quantitative estimate of drug-likeness (QED) is 0.791. The number of carboxylic acids is 1. The number of anilines is 1. The van der Waals surface area contributed by atoms with Gasteiger partial charge in [0, 0.05) is 10.2 Å². The van der Waals surface area contributed by atoms with E-state index in [0.717, 1.165) is 0 Å². The van der Waals surface area contributed by atoms with Crippen LogP contribution in [0.3, 0.4) is 0 Å². The van der Waals surface area contributed by atoms with Gasteiger partial charge in [-0.05, 0) is 53.2 Å². The first-order valence-corrected chi connectivity index (χ1v) is 6.72. The highest BCUT2D eigenvalue weighted by Crippen LogP contribution is 2.24. The molecule has 1 amide bonds. The van der Waals surface area contributed by atoms with Gasteiger partial charge in [0.2, 0.25) is 0 Å². The monoisotopic (exact) mass is 350 g/mol. The van der Waals surface area contributed by atoms with Crippen molar-refractivity contribution in [2.45, 2.75) is 6.92 Å². The molecule has 0 saturated carbocycles. The van der Waals surface area contributed by atoms with Crippen LogP contribution in [0.2, 0.25) is 0 Å². The normalized spacial score (nSPS) is 10.2.